The van der Waals surface area contributed by atoms with Gasteiger partial charge in [0, 0.05) is 12.6 Å². The number of rotatable bonds is 4. The van der Waals surface area contributed by atoms with Crippen molar-refractivity contribution in [1.29, 1.82) is 0 Å². The van der Waals surface area contributed by atoms with Crippen molar-refractivity contribution in [2.45, 2.75) is 52.0 Å². The van der Waals surface area contributed by atoms with Crippen LogP contribution < -0.4 is 10.6 Å². The van der Waals surface area contributed by atoms with Crippen molar-refractivity contribution in [3.8, 4) is 0 Å². The van der Waals surface area contributed by atoms with Crippen LogP contribution in [0, 0.1) is 11.3 Å². The molecule has 3 nitrogen and oxygen atoms in total. The Morgan fingerprint density at radius 3 is 2.75 bits per heavy atom. The van der Waals surface area contributed by atoms with E-state index < -0.39 is 0 Å². The van der Waals surface area contributed by atoms with Crippen LogP contribution in [-0.2, 0) is 4.79 Å². The lowest BCUT2D eigenvalue weighted by molar-refractivity contribution is -0.132. The molecule has 0 aromatic carbocycles. The fourth-order valence-corrected chi connectivity index (χ4v) is 3.10. The highest BCUT2D eigenvalue weighted by atomic mass is 16.2. The first-order chi connectivity index (χ1) is 7.66. The second-order valence-electron chi connectivity index (χ2n) is 5.70. The van der Waals surface area contributed by atoms with Gasteiger partial charge in [0.1, 0.15) is 0 Å². The van der Waals surface area contributed by atoms with Crippen LogP contribution in [-0.4, -0.2) is 25.0 Å². The van der Waals surface area contributed by atoms with Crippen LogP contribution in [0.3, 0.4) is 0 Å². The van der Waals surface area contributed by atoms with Crippen molar-refractivity contribution in [2.75, 3.05) is 13.1 Å². The van der Waals surface area contributed by atoms with E-state index >= 15 is 0 Å². The molecule has 2 rings (SSSR count). The summed E-state index contributed by atoms with van der Waals surface area (Å²) in [7, 11) is 0. The van der Waals surface area contributed by atoms with Gasteiger partial charge in [0.2, 0.25) is 5.91 Å². The van der Waals surface area contributed by atoms with Crippen molar-refractivity contribution in [2.24, 2.45) is 11.3 Å². The van der Waals surface area contributed by atoms with E-state index in [0.717, 1.165) is 38.3 Å². The SMILES string of the molecule is CCCC1(C(=O)NC2CC(C)C2)CCNC1. The molecule has 1 amide bonds. The van der Waals surface area contributed by atoms with Gasteiger partial charge in [0.25, 0.3) is 0 Å². The average molecular weight is 224 g/mol. The van der Waals surface area contributed by atoms with Crippen LogP contribution in [0.5, 0.6) is 0 Å². The van der Waals surface area contributed by atoms with Crippen LogP contribution in [0.4, 0.5) is 0 Å². The smallest absolute Gasteiger partial charge is 0.227 e. The summed E-state index contributed by atoms with van der Waals surface area (Å²) in [5.74, 6) is 1.10. The van der Waals surface area contributed by atoms with Gasteiger partial charge in [0.05, 0.1) is 5.41 Å². The maximum absolute atomic E-state index is 12.3. The maximum Gasteiger partial charge on any atom is 0.227 e. The van der Waals surface area contributed by atoms with Gasteiger partial charge in [0.15, 0.2) is 0 Å². The van der Waals surface area contributed by atoms with Gasteiger partial charge in [-0.25, -0.2) is 0 Å². The van der Waals surface area contributed by atoms with Gasteiger partial charge in [-0.3, -0.25) is 4.79 Å². The Labute approximate surface area is 98.4 Å². The van der Waals surface area contributed by atoms with Gasteiger partial charge in [-0.15, -0.1) is 0 Å². The minimum Gasteiger partial charge on any atom is -0.353 e. The molecule has 1 saturated heterocycles. The molecule has 0 aromatic heterocycles. The highest BCUT2D eigenvalue weighted by Gasteiger charge is 2.41. The first-order valence-electron chi connectivity index (χ1n) is 6.68. The standard InChI is InChI=1S/C13H24N2O/c1-3-4-13(5-6-14-9-13)12(16)15-11-7-10(2)8-11/h10-11,14H,3-9H2,1-2H3,(H,15,16). The zero-order valence-electron chi connectivity index (χ0n) is 10.5. The zero-order chi connectivity index (χ0) is 11.6. The van der Waals surface area contributed by atoms with Gasteiger partial charge >= 0.3 is 0 Å². The van der Waals surface area contributed by atoms with E-state index in [9.17, 15) is 4.79 Å². The Morgan fingerprint density at radius 1 is 1.50 bits per heavy atom. The van der Waals surface area contributed by atoms with E-state index in [0.29, 0.717) is 11.9 Å². The van der Waals surface area contributed by atoms with Crippen molar-refractivity contribution in [3.05, 3.63) is 0 Å². The summed E-state index contributed by atoms with van der Waals surface area (Å²) < 4.78 is 0. The quantitative estimate of drug-likeness (QED) is 0.763. The summed E-state index contributed by atoms with van der Waals surface area (Å²) in [6, 6.07) is 0.455. The lowest BCUT2D eigenvalue weighted by Gasteiger charge is -2.36. The Kier molecular flexibility index (Phi) is 3.53. The fraction of sp³-hybridized carbons (Fsp3) is 0.923. The largest absolute Gasteiger partial charge is 0.353 e. The second-order valence-corrected chi connectivity index (χ2v) is 5.70. The molecular weight excluding hydrogens is 200 g/mol. The van der Waals surface area contributed by atoms with Crippen LogP contribution in [0.25, 0.3) is 0 Å². The van der Waals surface area contributed by atoms with E-state index in [1.165, 1.54) is 12.8 Å². The van der Waals surface area contributed by atoms with Crippen LogP contribution in [0.2, 0.25) is 0 Å². The molecule has 0 bridgehead atoms. The average Bonchev–Trinajstić information content (AvgIpc) is 2.66. The van der Waals surface area contributed by atoms with E-state index in [-0.39, 0.29) is 5.41 Å². The number of amides is 1. The topological polar surface area (TPSA) is 41.1 Å². The summed E-state index contributed by atoms with van der Waals surface area (Å²) in [4.78, 5) is 12.3. The minimum atomic E-state index is -0.104. The number of hydrogen-bond acceptors (Lipinski definition) is 2. The lowest BCUT2D eigenvalue weighted by atomic mass is 9.78. The molecule has 3 heteroatoms. The first kappa shape index (κ1) is 11.9. The van der Waals surface area contributed by atoms with Crippen molar-refractivity contribution >= 4 is 5.91 Å². The monoisotopic (exact) mass is 224 g/mol. The molecule has 1 atom stereocenters. The third-order valence-corrected chi connectivity index (χ3v) is 4.16. The molecule has 2 fully saturated rings. The van der Waals surface area contributed by atoms with E-state index in [1.807, 2.05) is 0 Å². The van der Waals surface area contributed by atoms with Crippen molar-refractivity contribution in [3.63, 3.8) is 0 Å². The highest BCUT2D eigenvalue weighted by molar-refractivity contribution is 5.83. The molecule has 0 spiro atoms. The molecule has 1 aliphatic heterocycles. The molecule has 2 N–H and O–H groups in total. The highest BCUT2D eigenvalue weighted by Crippen LogP contribution is 2.33. The number of carbonyl (C=O) groups is 1. The molecule has 1 heterocycles. The third-order valence-electron chi connectivity index (χ3n) is 4.16. The molecule has 2 aliphatic rings. The lowest BCUT2D eigenvalue weighted by Crippen LogP contribution is -2.50. The molecule has 1 saturated carbocycles. The Bertz CT molecular complexity index is 253. The second kappa shape index (κ2) is 4.74. The summed E-state index contributed by atoms with van der Waals surface area (Å²) in [5.41, 5.74) is -0.104. The number of hydrogen-bond donors (Lipinski definition) is 2. The fourth-order valence-electron chi connectivity index (χ4n) is 3.10. The molecule has 92 valence electrons. The predicted octanol–water partition coefficient (Wildman–Crippen LogP) is 1.68. The van der Waals surface area contributed by atoms with E-state index in [1.54, 1.807) is 0 Å². The Hall–Kier alpha value is -0.570. The van der Waals surface area contributed by atoms with Crippen LogP contribution in [0.1, 0.15) is 46.0 Å². The van der Waals surface area contributed by atoms with E-state index in [4.69, 9.17) is 0 Å². The van der Waals surface area contributed by atoms with Gasteiger partial charge < -0.3 is 10.6 Å². The third kappa shape index (κ3) is 2.24. The van der Waals surface area contributed by atoms with E-state index in [2.05, 4.69) is 24.5 Å². The number of carbonyl (C=O) groups excluding carboxylic acids is 1. The van der Waals surface area contributed by atoms with Gasteiger partial charge in [-0.1, -0.05) is 20.3 Å². The van der Waals surface area contributed by atoms with Crippen molar-refractivity contribution in [1.82, 2.24) is 10.6 Å². The minimum absolute atomic E-state index is 0.104. The summed E-state index contributed by atoms with van der Waals surface area (Å²) in [6.07, 6.45) is 5.46. The van der Waals surface area contributed by atoms with Crippen molar-refractivity contribution < 1.29 is 4.79 Å². The Morgan fingerprint density at radius 2 is 2.25 bits per heavy atom. The summed E-state index contributed by atoms with van der Waals surface area (Å²) in [5, 5.41) is 6.57. The molecule has 0 aromatic rings. The molecule has 1 aliphatic carbocycles. The molecule has 16 heavy (non-hydrogen) atoms. The maximum atomic E-state index is 12.3. The van der Waals surface area contributed by atoms with Crippen LogP contribution >= 0.6 is 0 Å². The Balaban J connectivity index is 1.90. The summed E-state index contributed by atoms with van der Waals surface area (Å²) >= 11 is 0. The molecule has 1 unspecified atom stereocenters. The molecular formula is C13H24N2O. The van der Waals surface area contributed by atoms with Gasteiger partial charge in [-0.2, -0.15) is 0 Å². The molecule has 0 radical (unpaired) electrons. The predicted molar refractivity (Wildman–Crippen MR) is 65.2 cm³/mol. The summed E-state index contributed by atoms with van der Waals surface area (Å²) in [6.45, 7) is 6.28. The van der Waals surface area contributed by atoms with Gasteiger partial charge in [-0.05, 0) is 38.1 Å². The normalized spacial score (nSPS) is 38.1. The zero-order valence-corrected chi connectivity index (χ0v) is 10.5. The number of nitrogens with one attached hydrogen (secondary N) is 2. The van der Waals surface area contributed by atoms with Crippen LogP contribution in [0.15, 0.2) is 0 Å². The first-order valence-corrected chi connectivity index (χ1v) is 6.68.